The molecule has 0 aliphatic carbocycles. The zero-order chi connectivity index (χ0) is 33.7. The molecule has 0 N–H and O–H groups in total. The van der Waals surface area contributed by atoms with Crippen molar-refractivity contribution in [1.29, 1.82) is 0 Å². The van der Waals surface area contributed by atoms with Gasteiger partial charge in [-0.05, 0) is 123 Å². The summed E-state index contributed by atoms with van der Waals surface area (Å²) in [6.07, 6.45) is 0.789. The second-order valence-corrected chi connectivity index (χ2v) is 13.1. The quantitative estimate of drug-likeness (QED) is 0.156. The van der Waals surface area contributed by atoms with Crippen molar-refractivity contribution >= 4 is 34.1 Å². The van der Waals surface area contributed by atoms with Gasteiger partial charge in [0.05, 0.1) is 0 Å². The van der Waals surface area contributed by atoms with Crippen LogP contribution in [0.3, 0.4) is 0 Å². The Morgan fingerprint density at radius 3 is 1.12 bits per heavy atom. The molecule has 0 unspecified atom stereocenters. The molecule has 0 aromatic heterocycles. The topological polar surface area (TPSA) is 6.48 Å². The maximum absolute atomic E-state index is 2.39. The van der Waals surface area contributed by atoms with Gasteiger partial charge in [-0.15, -0.1) is 0 Å². The maximum Gasteiger partial charge on any atom is 0.0485 e. The molecule has 0 bridgehead atoms. The lowest BCUT2D eigenvalue weighted by Gasteiger charge is -2.30. The first-order valence-corrected chi connectivity index (χ1v) is 17.1. The van der Waals surface area contributed by atoms with Gasteiger partial charge < -0.3 is 9.80 Å². The molecule has 7 aromatic carbocycles. The van der Waals surface area contributed by atoms with E-state index in [2.05, 4.69) is 207 Å². The van der Waals surface area contributed by atoms with Crippen molar-refractivity contribution < 1.29 is 0 Å². The Morgan fingerprint density at radius 1 is 0.347 bits per heavy atom. The molecular formula is C47H42N2. The Balaban J connectivity index is 1.45. The molecule has 7 aromatic rings. The highest BCUT2D eigenvalue weighted by Gasteiger charge is 2.19. The minimum absolute atomic E-state index is 0.789. The van der Waals surface area contributed by atoms with Gasteiger partial charge in [0.15, 0.2) is 0 Å². The van der Waals surface area contributed by atoms with Crippen molar-refractivity contribution in [1.82, 2.24) is 0 Å². The van der Waals surface area contributed by atoms with Crippen molar-refractivity contribution in [2.24, 2.45) is 0 Å². The van der Waals surface area contributed by atoms with Crippen molar-refractivity contribution in [2.75, 3.05) is 9.80 Å². The van der Waals surface area contributed by atoms with Gasteiger partial charge in [0, 0.05) is 34.1 Å². The normalized spacial score (nSPS) is 10.9. The Labute approximate surface area is 291 Å². The summed E-state index contributed by atoms with van der Waals surface area (Å²) in [5.74, 6) is 0. The maximum atomic E-state index is 2.39. The highest BCUT2D eigenvalue weighted by molar-refractivity contribution is 5.84. The molecule has 0 spiro atoms. The summed E-state index contributed by atoms with van der Waals surface area (Å²) >= 11 is 0. The predicted octanol–water partition coefficient (Wildman–Crippen LogP) is 13.1. The number of rotatable bonds is 9. The van der Waals surface area contributed by atoms with Gasteiger partial charge in [-0.1, -0.05) is 125 Å². The largest absolute Gasteiger partial charge is 0.310 e. The van der Waals surface area contributed by atoms with Gasteiger partial charge in [0.1, 0.15) is 0 Å². The molecular weight excluding hydrogens is 593 g/mol. The van der Waals surface area contributed by atoms with Crippen molar-refractivity contribution in [3.63, 3.8) is 0 Å². The van der Waals surface area contributed by atoms with E-state index < -0.39 is 0 Å². The van der Waals surface area contributed by atoms with Crippen molar-refractivity contribution in [2.45, 2.75) is 34.1 Å². The number of hydrogen-bond acceptors (Lipinski definition) is 2. The van der Waals surface area contributed by atoms with Crippen LogP contribution < -0.4 is 9.80 Å². The van der Waals surface area contributed by atoms with E-state index in [0.717, 1.165) is 40.5 Å². The van der Waals surface area contributed by atoms with E-state index in [1.54, 1.807) is 0 Å². The van der Waals surface area contributed by atoms with Crippen LogP contribution in [0, 0.1) is 27.7 Å². The fourth-order valence-electron chi connectivity index (χ4n) is 6.48. The Bertz CT molecular complexity index is 1940. The summed E-state index contributed by atoms with van der Waals surface area (Å²) in [6, 6.07) is 62.0. The Kier molecular flexibility index (Phi) is 9.12. The minimum Gasteiger partial charge on any atom is -0.310 e. The van der Waals surface area contributed by atoms with Crippen LogP contribution in [0.4, 0.5) is 34.1 Å². The molecule has 0 aliphatic rings. The first-order chi connectivity index (χ1) is 23.9. The van der Waals surface area contributed by atoms with Gasteiger partial charge in [0.25, 0.3) is 0 Å². The van der Waals surface area contributed by atoms with Crippen LogP contribution in [0.25, 0.3) is 11.1 Å². The van der Waals surface area contributed by atoms with Crippen LogP contribution in [0.1, 0.15) is 33.4 Å². The van der Waals surface area contributed by atoms with Crippen LogP contribution in [-0.2, 0) is 6.42 Å². The standard InChI is InChI=1S/C47H42N2/c1-34-14-22-41(23-15-34)48(42-24-16-35(2)17-25-42)45-31-38(30-40-12-8-9-13-47(40)39-10-6-5-7-11-39)32-46(33-45)49(43-26-18-36(3)19-27-43)44-28-20-37(4)21-29-44/h5-29,31-33H,30H2,1-4H3. The zero-order valence-corrected chi connectivity index (χ0v) is 28.8. The van der Waals surface area contributed by atoms with E-state index in [0.29, 0.717) is 0 Å². The fraction of sp³-hybridized carbons (Fsp3) is 0.106. The molecule has 0 aliphatic heterocycles. The zero-order valence-electron chi connectivity index (χ0n) is 28.8. The highest BCUT2D eigenvalue weighted by atomic mass is 15.2. The molecule has 0 atom stereocenters. The molecule has 0 fully saturated rings. The summed E-state index contributed by atoms with van der Waals surface area (Å²) in [5, 5.41) is 0. The molecule has 0 amide bonds. The van der Waals surface area contributed by atoms with E-state index in [1.807, 2.05) is 0 Å². The monoisotopic (exact) mass is 634 g/mol. The molecule has 49 heavy (non-hydrogen) atoms. The lowest BCUT2D eigenvalue weighted by molar-refractivity contribution is 1.16. The van der Waals surface area contributed by atoms with E-state index in [4.69, 9.17) is 0 Å². The molecule has 2 nitrogen and oxygen atoms in total. The van der Waals surface area contributed by atoms with Crippen LogP contribution in [0.2, 0.25) is 0 Å². The first kappa shape index (κ1) is 31.7. The average molecular weight is 635 g/mol. The molecule has 7 rings (SSSR count). The molecule has 0 heterocycles. The molecule has 0 saturated carbocycles. The SMILES string of the molecule is Cc1ccc(N(c2ccc(C)cc2)c2cc(Cc3ccccc3-c3ccccc3)cc(N(c3ccc(C)cc3)c3ccc(C)cc3)c2)cc1. The number of anilines is 6. The van der Waals surface area contributed by atoms with E-state index in [1.165, 1.54) is 44.5 Å². The smallest absolute Gasteiger partial charge is 0.0485 e. The number of aryl methyl sites for hydroxylation is 4. The Morgan fingerprint density at radius 2 is 0.714 bits per heavy atom. The molecule has 240 valence electrons. The highest BCUT2D eigenvalue weighted by Crippen LogP contribution is 2.42. The summed E-state index contributed by atoms with van der Waals surface area (Å²) in [5.41, 5.74) is 16.7. The van der Waals surface area contributed by atoms with Crippen LogP contribution in [0.5, 0.6) is 0 Å². The van der Waals surface area contributed by atoms with Crippen molar-refractivity contribution in [3.8, 4) is 11.1 Å². The first-order valence-electron chi connectivity index (χ1n) is 17.1. The van der Waals surface area contributed by atoms with E-state index >= 15 is 0 Å². The second-order valence-electron chi connectivity index (χ2n) is 13.1. The van der Waals surface area contributed by atoms with Gasteiger partial charge in [-0.2, -0.15) is 0 Å². The third kappa shape index (κ3) is 7.20. The van der Waals surface area contributed by atoms with E-state index in [9.17, 15) is 0 Å². The summed E-state index contributed by atoms with van der Waals surface area (Å²) in [4.78, 5) is 4.77. The predicted molar refractivity (Wildman–Crippen MR) is 209 cm³/mol. The van der Waals surface area contributed by atoms with Gasteiger partial charge in [-0.25, -0.2) is 0 Å². The summed E-state index contributed by atoms with van der Waals surface area (Å²) in [7, 11) is 0. The lowest BCUT2D eigenvalue weighted by atomic mass is 9.94. The minimum atomic E-state index is 0.789. The molecule has 2 heteroatoms. The van der Waals surface area contributed by atoms with Gasteiger partial charge >= 0.3 is 0 Å². The summed E-state index contributed by atoms with van der Waals surface area (Å²) < 4.78 is 0. The second kappa shape index (κ2) is 14.1. The lowest BCUT2D eigenvalue weighted by Crippen LogP contribution is -2.14. The average Bonchev–Trinajstić information content (AvgIpc) is 3.12. The van der Waals surface area contributed by atoms with Gasteiger partial charge in [-0.3, -0.25) is 0 Å². The van der Waals surface area contributed by atoms with Gasteiger partial charge in [0.2, 0.25) is 0 Å². The van der Waals surface area contributed by atoms with Crippen LogP contribution >= 0.6 is 0 Å². The van der Waals surface area contributed by atoms with E-state index in [-0.39, 0.29) is 0 Å². The Hall–Kier alpha value is -5.86. The summed E-state index contributed by atoms with van der Waals surface area (Å²) in [6.45, 7) is 8.57. The van der Waals surface area contributed by atoms with Crippen LogP contribution in [0.15, 0.2) is 170 Å². The third-order valence-electron chi connectivity index (χ3n) is 9.14. The van der Waals surface area contributed by atoms with Crippen molar-refractivity contribution in [3.05, 3.63) is 203 Å². The fourth-order valence-corrected chi connectivity index (χ4v) is 6.48. The third-order valence-corrected chi connectivity index (χ3v) is 9.14. The number of hydrogen-bond donors (Lipinski definition) is 0. The number of benzene rings is 7. The molecule has 0 saturated heterocycles. The number of nitrogens with zero attached hydrogens (tertiary/aromatic N) is 2. The van der Waals surface area contributed by atoms with Crippen LogP contribution in [-0.4, -0.2) is 0 Å². The molecule has 0 radical (unpaired) electrons.